The maximum atomic E-state index is 2.46. The molecule has 360 valence electrons. The average molecular weight is 989 g/mol. The van der Waals surface area contributed by atoms with Gasteiger partial charge >= 0.3 is 0 Å². The Bertz CT molecular complexity index is 4200. The molecule has 14 rings (SSSR count). The summed E-state index contributed by atoms with van der Waals surface area (Å²) in [6.45, 7) is 4.35. The third-order valence-electron chi connectivity index (χ3n) is 15.7. The summed E-state index contributed by atoms with van der Waals surface area (Å²) < 4.78 is 2.63. The Morgan fingerprint density at radius 1 is 0.303 bits per heavy atom. The topological polar surface area (TPSA) is 6.48 Å². The second-order valence-corrected chi connectivity index (χ2v) is 21.3. The fourth-order valence-corrected chi connectivity index (χ4v) is 13.1. The number of fused-ring (bicyclic) bond motifs is 7. The zero-order valence-electron chi connectivity index (χ0n) is 42.4. The summed E-state index contributed by atoms with van der Waals surface area (Å²) in [6.07, 6.45) is 0. The third-order valence-corrected chi connectivity index (χ3v) is 16.8. The maximum absolute atomic E-state index is 2.46. The summed E-state index contributed by atoms with van der Waals surface area (Å²) in [5, 5.41) is 5.01. The highest BCUT2D eigenvalue weighted by atomic mass is 32.1. The summed E-state index contributed by atoms with van der Waals surface area (Å²) in [4.78, 5) is 4.87. The van der Waals surface area contributed by atoms with Crippen LogP contribution in [0.4, 0.5) is 34.1 Å². The molecule has 0 unspecified atom stereocenters. The third kappa shape index (κ3) is 7.62. The quantitative estimate of drug-likeness (QED) is 0.135. The van der Waals surface area contributed by atoms with Gasteiger partial charge in [-0.25, -0.2) is 0 Å². The van der Waals surface area contributed by atoms with Gasteiger partial charge < -0.3 is 9.80 Å². The molecule has 0 spiro atoms. The Morgan fingerprint density at radius 2 is 0.842 bits per heavy atom. The van der Waals surface area contributed by atoms with E-state index >= 15 is 0 Å². The molecule has 0 aliphatic heterocycles. The van der Waals surface area contributed by atoms with Gasteiger partial charge in [0.25, 0.3) is 0 Å². The molecule has 2 nitrogen and oxygen atoms in total. The Morgan fingerprint density at radius 3 is 1.57 bits per heavy atom. The minimum atomic E-state index is -0.513. The second-order valence-electron chi connectivity index (χ2n) is 20.2. The van der Waals surface area contributed by atoms with Crippen LogP contribution >= 0.6 is 11.3 Å². The molecule has 0 amide bonds. The molecule has 0 atom stereocenters. The fourth-order valence-electron chi connectivity index (χ4n) is 12.0. The van der Waals surface area contributed by atoms with Gasteiger partial charge in [0.05, 0.1) is 11.1 Å². The lowest BCUT2D eigenvalue weighted by Crippen LogP contribution is -2.28. The minimum Gasteiger partial charge on any atom is -0.310 e. The molecule has 0 bridgehead atoms. The first-order valence-electron chi connectivity index (χ1n) is 26.2. The van der Waals surface area contributed by atoms with E-state index < -0.39 is 5.41 Å². The number of rotatable bonds is 10. The zero-order chi connectivity index (χ0) is 50.7. The lowest BCUT2D eigenvalue weighted by molar-refractivity contribution is 0.767. The molecule has 0 N–H and O–H groups in total. The van der Waals surface area contributed by atoms with E-state index in [0.717, 1.165) is 45.3 Å². The monoisotopic (exact) mass is 988 g/mol. The molecule has 1 aromatic heterocycles. The molecular formula is C73H52N2S. The van der Waals surface area contributed by atoms with Crippen molar-refractivity contribution in [3.8, 4) is 33.4 Å². The molecule has 13 aromatic rings. The summed E-state index contributed by atoms with van der Waals surface area (Å²) in [5.74, 6) is 0. The second kappa shape index (κ2) is 18.6. The summed E-state index contributed by atoms with van der Waals surface area (Å²) in [5.41, 5.74) is 20.7. The van der Waals surface area contributed by atoms with E-state index in [2.05, 4.69) is 303 Å². The molecule has 3 heteroatoms. The summed E-state index contributed by atoms with van der Waals surface area (Å²) >= 11 is 1.86. The van der Waals surface area contributed by atoms with Gasteiger partial charge in [-0.3, -0.25) is 0 Å². The van der Waals surface area contributed by atoms with E-state index in [-0.39, 0.29) is 0 Å². The van der Waals surface area contributed by atoms with Crippen molar-refractivity contribution in [1.82, 2.24) is 0 Å². The van der Waals surface area contributed by atoms with Crippen molar-refractivity contribution in [1.29, 1.82) is 0 Å². The number of hydrogen-bond donors (Lipinski definition) is 0. The van der Waals surface area contributed by atoms with Gasteiger partial charge in [-0.1, -0.05) is 211 Å². The molecule has 12 aromatic carbocycles. The van der Waals surface area contributed by atoms with E-state index in [4.69, 9.17) is 0 Å². The average Bonchev–Trinajstić information content (AvgIpc) is 4.05. The Kier molecular flexibility index (Phi) is 11.1. The highest BCUT2D eigenvalue weighted by Gasteiger charge is 2.46. The van der Waals surface area contributed by atoms with Gasteiger partial charge in [0, 0.05) is 54.2 Å². The van der Waals surface area contributed by atoms with Crippen LogP contribution in [0.25, 0.3) is 64.3 Å². The predicted molar refractivity (Wildman–Crippen MR) is 324 cm³/mol. The molecule has 0 saturated carbocycles. The van der Waals surface area contributed by atoms with E-state index in [0.29, 0.717) is 0 Å². The minimum absolute atomic E-state index is 0.513. The number of para-hydroxylation sites is 2. The van der Waals surface area contributed by atoms with Crippen molar-refractivity contribution in [3.63, 3.8) is 0 Å². The molecular weight excluding hydrogens is 937 g/mol. The highest BCUT2D eigenvalue weighted by Crippen LogP contribution is 2.58. The van der Waals surface area contributed by atoms with Crippen LogP contribution in [0.15, 0.2) is 279 Å². The van der Waals surface area contributed by atoms with Gasteiger partial charge in [0.1, 0.15) is 0 Å². The van der Waals surface area contributed by atoms with E-state index in [9.17, 15) is 0 Å². The SMILES string of the molecule is Cc1ccc(C2(c3ccc(C)cc3)c3ccccc3-c3cc(N(c4ccc(-c5ccc(-c6ccc7sc8ccccc8c7c6)cc5)c(N(c5ccccc5)c5ccccc5)c4)c4ccc5ccccc5c4)ccc32)cc1. The number of aryl methyl sites for hydroxylation is 2. The van der Waals surface area contributed by atoms with Crippen LogP contribution in [-0.2, 0) is 5.41 Å². The standard InChI is InChI=1S/C73H52N2S/c1-49-25-35-56(36-26-49)73(57-37-27-50(2)28-38-57)68-23-13-11-21-64(68)66-47-61(41-43-69(66)73)74(60-39-33-51-15-9-10-16-54(51)45-60)62-40-42-63(70(48-62)75(58-17-5-3-6-18-58)59-19-7-4-8-20-59)53-31-29-52(30-32-53)55-34-44-72-67(46-55)65-22-12-14-24-71(65)76-72/h3-48H,1-2H3. The Labute approximate surface area is 448 Å². The molecule has 1 aliphatic carbocycles. The van der Waals surface area contributed by atoms with E-state index in [1.807, 2.05) is 11.3 Å². The number of thiophene rings is 1. The Balaban J connectivity index is 0.975. The number of benzene rings is 12. The van der Waals surface area contributed by atoms with Gasteiger partial charge in [-0.2, -0.15) is 0 Å². The normalized spacial score (nSPS) is 12.4. The maximum Gasteiger partial charge on any atom is 0.0713 e. The molecule has 0 saturated heterocycles. The van der Waals surface area contributed by atoms with Crippen molar-refractivity contribution in [2.24, 2.45) is 0 Å². The highest BCUT2D eigenvalue weighted by molar-refractivity contribution is 7.25. The predicted octanol–water partition coefficient (Wildman–Crippen LogP) is 20.5. The van der Waals surface area contributed by atoms with E-state index in [1.54, 1.807) is 0 Å². The molecule has 0 radical (unpaired) electrons. The van der Waals surface area contributed by atoms with Crippen molar-refractivity contribution in [3.05, 3.63) is 312 Å². The number of hydrogen-bond acceptors (Lipinski definition) is 3. The first-order chi connectivity index (χ1) is 37.5. The van der Waals surface area contributed by atoms with Crippen LogP contribution in [0.5, 0.6) is 0 Å². The number of nitrogens with zero attached hydrogens (tertiary/aromatic N) is 2. The number of anilines is 6. The van der Waals surface area contributed by atoms with Crippen LogP contribution < -0.4 is 9.80 Å². The summed E-state index contributed by atoms with van der Waals surface area (Å²) in [6, 6.07) is 104. The van der Waals surface area contributed by atoms with Gasteiger partial charge in [0.2, 0.25) is 0 Å². The lowest BCUT2D eigenvalue weighted by Gasteiger charge is -2.34. The van der Waals surface area contributed by atoms with Gasteiger partial charge in [0.15, 0.2) is 0 Å². The van der Waals surface area contributed by atoms with Crippen LogP contribution in [0.1, 0.15) is 33.4 Å². The van der Waals surface area contributed by atoms with Crippen LogP contribution in [0, 0.1) is 13.8 Å². The van der Waals surface area contributed by atoms with Crippen molar-refractivity contribution in [2.45, 2.75) is 19.3 Å². The van der Waals surface area contributed by atoms with Crippen molar-refractivity contribution >= 4 is 76.4 Å². The molecule has 1 aliphatic rings. The molecule has 1 heterocycles. The molecule has 0 fully saturated rings. The summed E-state index contributed by atoms with van der Waals surface area (Å²) in [7, 11) is 0. The van der Waals surface area contributed by atoms with Crippen LogP contribution in [0.2, 0.25) is 0 Å². The van der Waals surface area contributed by atoms with Crippen LogP contribution in [-0.4, -0.2) is 0 Å². The first kappa shape index (κ1) is 45.3. The van der Waals surface area contributed by atoms with E-state index in [1.165, 1.54) is 86.6 Å². The fraction of sp³-hybridized carbons (Fsp3) is 0.0411. The van der Waals surface area contributed by atoms with Gasteiger partial charge in [-0.15, -0.1) is 11.3 Å². The van der Waals surface area contributed by atoms with Crippen molar-refractivity contribution in [2.75, 3.05) is 9.80 Å². The molecule has 76 heavy (non-hydrogen) atoms. The first-order valence-corrected chi connectivity index (χ1v) is 27.0. The Hall–Kier alpha value is -9.28. The van der Waals surface area contributed by atoms with Crippen LogP contribution in [0.3, 0.4) is 0 Å². The lowest BCUT2D eigenvalue weighted by atomic mass is 9.67. The smallest absolute Gasteiger partial charge is 0.0713 e. The van der Waals surface area contributed by atoms with Crippen molar-refractivity contribution < 1.29 is 0 Å². The zero-order valence-corrected chi connectivity index (χ0v) is 43.2. The van der Waals surface area contributed by atoms with Gasteiger partial charge in [-0.05, 0) is 154 Å². The largest absolute Gasteiger partial charge is 0.310 e.